The number of aromatic nitrogens is 2. The second-order valence-electron chi connectivity index (χ2n) is 5.56. The highest BCUT2D eigenvalue weighted by Crippen LogP contribution is 2.43. The summed E-state index contributed by atoms with van der Waals surface area (Å²) >= 11 is 2.29. The van der Waals surface area contributed by atoms with Gasteiger partial charge in [-0.05, 0) is 60.6 Å². The number of halogens is 1. The summed E-state index contributed by atoms with van der Waals surface area (Å²) < 4.78 is 1.08. The third-order valence-electron chi connectivity index (χ3n) is 3.94. The Morgan fingerprint density at radius 1 is 1.12 bits per heavy atom. The molecule has 2 aliphatic rings. The molecule has 3 rings (SSSR count). The largest absolute Gasteiger partial charge is 0.383 e. The predicted octanol–water partition coefficient (Wildman–Crippen LogP) is 3.44. The zero-order valence-corrected chi connectivity index (χ0v) is 12.3. The van der Waals surface area contributed by atoms with Gasteiger partial charge in [0.15, 0.2) is 0 Å². The van der Waals surface area contributed by atoms with Crippen molar-refractivity contribution < 1.29 is 0 Å². The van der Waals surface area contributed by atoms with Gasteiger partial charge in [0.1, 0.15) is 11.6 Å². The summed E-state index contributed by atoms with van der Waals surface area (Å²) in [4.78, 5) is 9.33. The van der Waals surface area contributed by atoms with Crippen molar-refractivity contribution in [2.45, 2.75) is 50.9 Å². The molecule has 2 fully saturated rings. The molecule has 2 atom stereocenters. The van der Waals surface area contributed by atoms with Gasteiger partial charge >= 0.3 is 0 Å². The molecule has 4 heteroatoms. The van der Waals surface area contributed by atoms with Gasteiger partial charge in [-0.25, -0.2) is 9.97 Å². The highest BCUT2D eigenvalue weighted by Gasteiger charge is 2.31. The molecule has 1 heterocycles. The fraction of sp³-hybridized carbons (Fsp3) is 0.692. The summed E-state index contributed by atoms with van der Waals surface area (Å²) in [5.41, 5.74) is 7.25. The second-order valence-corrected chi connectivity index (χ2v) is 6.63. The van der Waals surface area contributed by atoms with Crippen LogP contribution in [0.3, 0.4) is 0 Å². The molecular formula is C13H18IN3. The van der Waals surface area contributed by atoms with E-state index in [4.69, 9.17) is 10.7 Å². The van der Waals surface area contributed by atoms with Crippen molar-refractivity contribution in [3.8, 4) is 0 Å². The Morgan fingerprint density at radius 3 is 2.41 bits per heavy atom. The van der Waals surface area contributed by atoms with Crippen LogP contribution in [-0.2, 0) is 0 Å². The van der Waals surface area contributed by atoms with Gasteiger partial charge in [0.2, 0.25) is 0 Å². The van der Waals surface area contributed by atoms with Crippen LogP contribution in [-0.4, -0.2) is 9.97 Å². The molecule has 1 aromatic rings. The lowest BCUT2D eigenvalue weighted by molar-refractivity contribution is 0.584. The Hall–Kier alpha value is -0.390. The zero-order valence-electron chi connectivity index (χ0n) is 10.1. The molecule has 0 amide bonds. The Balaban J connectivity index is 1.94. The van der Waals surface area contributed by atoms with Crippen molar-refractivity contribution in [3.63, 3.8) is 0 Å². The van der Waals surface area contributed by atoms with Crippen molar-refractivity contribution in [2.75, 3.05) is 5.73 Å². The number of anilines is 1. The van der Waals surface area contributed by atoms with E-state index in [9.17, 15) is 0 Å². The number of hydrogen-bond donors (Lipinski definition) is 1. The van der Waals surface area contributed by atoms with Gasteiger partial charge in [-0.1, -0.05) is 6.92 Å². The minimum Gasteiger partial charge on any atom is -0.383 e. The maximum atomic E-state index is 6.03. The number of nitrogens with two attached hydrogens (primary N) is 1. The Morgan fingerprint density at radius 2 is 1.82 bits per heavy atom. The molecule has 0 saturated heterocycles. The lowest BCUT2D eigenvalue weighted by Gasteiger charge is -2.12. The average molecular weight is 343 g/mol. The van der Waals surface area contributed by atoms with Crippen LogP contribution in [0.4, 0.5) is 5.82 Å². The minimum absolute atomic E-state index is 0.543. The fourth-order valence-corrected chi connectivity index (χ4v) is 3.43. The molecular weight excluding hydrogens is 325 g/mol. The molecule has 0 aromatic carbocycles. The average Bonchev–Trinajstić information content (AvgIpc) is 3.05. The molecule has 0 radical (unpaired) electrons. The number of rotatable bonds is 2. The van der Waals surface area contributed by atoms with Gasteiger partial charge in [0.25, 0.3) is 0 Å². The molecule has 0 spiro atoms. The maximum absolute atomic E-state index is 6.03. The number of hydrogen-bond acceptors (Lipinski definition) is 3. The van der Waals surface area contributed by atoms with Gasteiger partial charge in [-0.3, -0.25) is 0 Å². The fourth-order valence-electron chi connectivity index (χ4n) is 2.75. The molecule has 2 aliphatic carbocycles. The van der Waals surface area contributed by atoms with Crippen LogP contribution in [0.25, 0.3) is 0 Å². The van der Waals surface area contributed by atoms with E-state index in [0.29, 0.717) is 17.7 Å². The summed E-state index contributed by atoms with van der Waals surface area (Å²) in [6.07, 6.45) is 6.30. The first kappa shape index (κ1) is 11.7. The van der Waals surface area contributed by atoms with E-state index in [0.717, 1.165) is 15.3 Å². The first-order valence-electron chi connectivity index (χ1n) is 6.48. The van der Waals surface area contributed by atoms with Crippen LogP contribution in [0, 0.1) is 9.49 Å². The van der Waals surface area contributed by atoms with Crippen molar-refractivity contribution in [3.05, 3.63) is 15.1 Å². The lowest BCUT2D eigenvalue weighted by Crippen LogP contribution is -2.09. The molecule has 0 bridgehead atoms. The van der Waals surface area contributed by atoms with Gasteiger partial charge in [-0.15, -0.1) is 0 Å². The topological polar surface area (TPSA) is 51.8 Å². The van der Waals surface area contributed by atoms with Crippen molar-refractivity contribution >= 4 is 28.4 Å². The molecule has 2 saturated carbocycles. The van der Waals surface area contributed by atoms with Gasteiger partial charge in [-0.2, -0.15) is 0 Å². The van der Waals surface area contributed by atoms with Crippen molar-refractivity contribution in [1.29, 1.82) is 0 Å². The van der Waals surface area contributed by atoms with Gasteiger partial charge in [0.05, 0.1) is 9.26 Å². The van der Waals surface area contributed by atoms with Crippen LogP contribution in [0.15, 0.2) is 0 Å². The first-order valence-corrected chi connectivity index (χ1v) is 7.56. The van der Waals surface area contributed by atoms with Crippen LogP contribution >= 0.6 is 22.6 Å². The van der Waals surface area contributed by atoms with E-state index >= 15 is 0 Å². The third kappa shape index (κ3) is 2.28. The predicted molar refractivity (Wildman–Crippen MR) is 76.9 cm³/mol. The Bertz CT molecular complexity index is 443. The number of nitrogen functional groups attached to an aromatic ring is 1. The van der Waals surface area contributed by atoms with Crippen molar-refractivity contribution in [1.82, 2.24) is 9.97 Å². The number of nitrogens with zero attached hydrogens (tertiary/aromatic N) is 2. The second kappa shape index (κ2) is 4.37. The standard InChI is InChI=1S/C13H18IN3/c1-7-2-3-9(6-7)13-16-11(8-4-5-8)10(14)12(15)17-13/h7-9H,2-6H2,1H3,(H2,15,16,17). The van der Waals surface area contributed by atoms with Gasteiger partial charge in [0, 0.05) is 11.8 Å². The Kier molecular flexibility index (Phi) is 3.00. The lowest BCUT2D eigenvalue weighted by atomic mass is 10.1. The van der Waals surface area contributed by atoms with E-state index in [2.05, 4.69) is 34.5 Å². The van der Waals surface area contributed by atoms with Gasteiger partial charge < -0.3 is 5.73 Å². The zero-order chi connectivity index (χ0) is 12.0. The summed E-state index contributed by atoms with van der Waals surface area (Å²) in [5.74, 6) is 3.71. The monoisotopic (exact) mass is 343 g/mol. The van der Waals surface area contributed by atoms with E-state index in [-0.39, 0.29) is 0 Å². The molecule has 17 heavy (non-hydrogen) atoms. The highest BCUT2D eigenvalue weighted by atomic mass is 127. The summed E-state index contributed by atoms with van der Waals surface area (Å²) in [7, 11) is 0. The van der Waals surface area contributed by atoms with Crippen LogP contribution < -0.4 is 5.73 Å². The third-order valence-corrected chi connectivity index (χ3v) is 5.05. The molecule has 0 aliphatic heterocycles. The highest BCUT2D eigenvalue weighted by molar-refractivity contribution is 14.1. The first-order chi connectivity index (χ1) is 8.15. The molecule has 3 nitrogen and oxygen atoms in total. The molecule has 2 N–H and O–H groups in total. The summed E-state index contributed by atoms with van der Waals surface area (Å²) in [6.45, 7) is 2.32. The SMILES string of the molecule is CC1CCC(c2nc(N)c(I)c(C3CC3)n2)C1. The van der Waals surface area contributed by atoms with E-state index in [1.165, 1.54) is 37.8 Å². The summed E-state index contributed by atoms with van der Waals surface area (Å²) in [5, 5.41) is 0. The molecule has 2 unspecified atom stereocenters. The minimum atomic E-state index is 0.543. The normalized spacial score (nSPS) is 28.6. The van der Waals surface area contributed by atoms with E-state index in [1.807, 2.05) is 0 Å². The van der Waals surface area contributed by atoms with Crippen LogP contribution in [0.5, 0.6) is 0 Å². The van der Waals surface area contributed by atoms with Crippen LogP contribution in [0.1, 0.15) is 62.4 Å². The summed E-state index contributed by atoms with van der Waals surface area (Å²) in [6, 6.07) is 0. The molecule has 1 aromatic heterocycles. The molecule has 92 valence electrons. The quantitative estimate of drug-likeness (QED) is 0.837. The smallest absolute Gasteiger partial charge is 0.140 e. The Labute approximate surface area is 116 Å². The maximum Gasteiger partial charge on any atom is 0.140 e. The van der Waals surface area contributed by atoms with Crippen LogP contribution in [0.2, 0.25) is 0 Å². The van der Waals surface area contributed by atoms with E-state index in [1.54, 1.807) is 0 Å². The van der Waals surface area contributed by atoms with Crippen molar-refractivity contribution in [2.24, 2.45) is 5.92 Å². The van der Waals surface area contributed by atoms with E-state index < -0.39 is 0 Å².